The molecule has 0 spiro atoms. The van der Waals surface area contributed by atoms with E-state index >= 15 is 0 Å². The van der Waals surface area contributed by atoms with Crippen LogP contribution in [0.1, 0.15) is 5.56 Å². The van der Waals surface area contributed by atoms with Crippen molar-refractivity contribution in [2.75, 3.05) is 6.61 Å². The summed E-state index contributed by atoms with van der Waals surface area (Å²) in [6, 6.07) is 5.37. The molecule has 1 aliphatic heterocycles. The van der Waals surface area contributed by atoms with E-state index < -0.39 is 0 Å². The van der Waals surface area contributed by atoms with E-state index in [0.717, 1.165) is 18.6 Å². The van der Waals surface area contributed by atoms with Crippen molar-refractivity contribution in [3.63, 3.8) is 0 Å². The van der Waals surface area contributed by atoms with Crippen LogP contribution < -0.4 is 0 Å². The Bertz CT molecular complexity index is 295. The zero-order valence-corrected chi connectivity index (χ0v) is 7.21. The first-order chi connectivity index (χ1) is 5.77. The summed E-state index contributed by atoms with van der Waals surface area (Å²) in [6.45, 7) is 0.798. The number of phenols is 1. The lowest BCUT2D eigenvalue weighted by atomic mass is 10.1. The lowest BCUT2D eigenvalue weighted by Crippen LogP contribution is -1.93. The van der Waals surface area contributed by atoms with Crippen molar-refractivity contribution in [1.29, 1.82) is 0 Å². The molecule has 2 nitrogen and oxygen atoms in total. The summed E-state index contributed by atoms with van der Waals surface area (Å²) in [6.07, 6.45) is 1.04. The number of epoxide rings is 1. The highest BCUT2D eigenvalue weighted by Crippen LogP contribution is 2.29. The molecule has 1 heterocycles. The van der Waals surface area contributed by atoms with Crippen LogP contribution in [0.25, 0.3) is 0 Å². The molecule has 0 bridgehead atoms. The van der Waals surface area contributed by atoms with Crippen LogP contribution in [0.2, 0.25) is 5.02 Å². The fraction of sp³-hybridized carbons (Fsp3) is 0.333. The van der Waals surface area contributed by atoms with Gasteiger partial charge in [-0.3, -0.25) is 0 Å². The van der Waals surface area contributed by atoms with Crippen molar-refractivity contribution in [2.45, 2.75) is 12.5 Å². The fourth-order valence-corrected chi connectivity index (χ4v) is 1.35. The second-order valence-corrected chi connectivity index (χ2v) is 3.31. The van der Waals surface area contributed by atoms with Crippen LogP contribution in [0, 0.1) is 0 Å². The zero-order chi connectivity index (χ0) is 8.55. The molecule has 1 fully saturated rings. The van der Waals surface area contributed by atoms with Gasteiger partial charge in [0, 0.05) is 6.42 Å². The van der Waals surface area contributed by atoms with Crippen molar-refractivity contribution >= 4 is 11.6 Å². The molecular weight excluding hydrogens is 176 g/mol. The molecule has 2 rings (SSSR count). The van der Waals surface area contributed by atoms with Crippen LogP contribution in [-0.2, 0) is 11.2 Å². The minimum Gasteiger partial charge on any atom is -0.506 e. The van der Waals surface area contributed by atoms with Gasteiger partial charge in [-0.1, -0.05) is 23.7 Å². The zero-order valence-electron chi connectivity index (χ0n) is 6.46. The van der Waals surface area contributed by atoms with E-state index in [1.807, 2.05) is 12.1 Å². The Labute approximate surface area is 75.7 Å². The van der Waals surface area contributed by atoms with Crippen LogP contribution in [0.15, 0.2) is 18.2 Å². The number of ether oxygens (including phenoxy) is 1. The monoisotopic (exact) mass is 184 g/mol. The van der Waals surface area contributed by atoms with Crippen LogP contribution in [0.3, 0.4) is 0 Å². The number of hydrogen-bond donors (Lipinski definition) is 1. The standard InChI is InChI=1S/C9H9ClO2/c10-8-3-1-2-6(9(8)11)4-7-5-12-7/h1-3,7,11H,4-5H2. The first-order valence-electron chi connectivity index (χ1n) is 3.85. The Morgan fingerprint density at radius 1 is 1.58 bits per heavy atom. The summed E-state index contributed by atoms with van der Waals surface area (Å²) in [5, 5.41) is 9.90. The first kappa shape index (κ1) is 7.90. The van der Waals surface area contributed by atoms with Gasteiger partial charge >= 0.3 is 0 Å². The van der Waals surface area contributed by atoms with E-state index in [1.165, 1.54) is 0 Å². The Hall–Kier alpha value is -0.730. The Balaban J connectivity index is 2.23. The van der Waals surface area contributed by atoms with E-state index in [0.29, 0.717) is 5.02 Å². The minimum absolute atomic E-state index is 0.190. The lowest BCUT2D eigenvalue weighted by Gasteiger charge is -2.02. The van der Waals surface area contributed by atoms with E-state index in [-0.39, 0.29) is 11.9 Å². The van der Waals surface area contributed by atoms with E-state index in [9.17, 15) is 5.11 Å². The molecule has 0 amide bonds. The topological polar surface area (TPSA) is 32.8 Å². The summed E-state index contributed by atoms with van der Waals surface area (Å²) >= 11 is 5.73. The van der Waals surface area contributed by atoms with Gasteiger partial charge in [0.1, 0.15) is 5.75 Å². The number of benzene rings is 1. The van der Waals surface area contributed by atoms with Gasteiger partial charge in [0.25, 0.3) is 0 Å². The highest BCUT2D eigenvalue weighted by molar-refractivity contribution is 6.32. The molecule has 0 radical (unpaired) electrons. The summed E-state index contributed by atoms with van der Waals surface area (Å²) in [7, 11) is 0. The SMILES string of the molecule is Oc1c(Cl)cccc1CC1CO1. The summed E-state index contributed by atoms with van der Waals surface area (Å²) < 4.78 is 5.05. The maximum Gasteiger partial charge on any atom is 0.137 e. The number of halogens is 1. The number of aromatic hydroxyl groups is 1. The average molecular weight is 185 g/mol. The minimum atomic E-state index is 0.190. The average Bonchev–Trinajstić information content (AvgIpc) is 2.83. The molecule has 1 unspecified atom stereocenters. The summed E-state index contributed by atoms with van der Waals surface area (Å²) in [5.41, 5.74) is 0.866. The van der Waals surface area contributed by atoms with Gasteiger partial charge < -0.3 is 9.84 Å². The van der Waals surface area contributed by atoms with E-state index in [4.69, 9.17) is 16.3 Å². The molecule has 1 aromatic carbocycles. The van der Waals surface area contributed by atoms with Gasteiger partial charge in [-0.25, -0.2) is 0 Å². The molecule has 1 aromatic rings. The molecule has 1 aliphatic rings. The molecule has 64 valence electrons. The van der Waals surface area contributed by atoms with E-state index in [2.05, 4.69) is 0 Å². The van der Waals surface area contributed by atoms with Crippen molar-refractivity contribution in [1.82, 2.24) is 0 Å². The smallest absolute Gasteiger partial charge is 0.137 e. The predicted molar refractivity (Wildman–Crippen MR) is 46.6 cm³/mol. The number of phenolic OH excluding ortho intramolecular Hbond substituents is 1. The van der Waals surface area contributed by atoms with E-state index in [1.54, 1.807) is 6.07 Å². The second-order valence-electron chi connectivity index (χ2n) is 2.91. The third-order valence-corrected chi connectivity index (χ3v) is 2.23. The molecule has 12 heavy (non-hydrogen) atoms. The summed E-state index contributed by atoms with van der Waals surface area (Å²) in [5.74, 6) is 0.190. The molecule has 0 aromatic heterocycles. The number of hydrogen-bond acceptors (Lipinski definition) is 2. The summed E-state index contributed by atoms with van der Waals surface area (Å²) in [4.78, 5) is 0. The van der Waals surface area contributed by atoms with Gasteiger partial charge in [-0.15, -0.1) is 0 Å². The van der Waals surface area contributed by atoms with Crippen LogP contribution in [0.5, 0.6) is 5.75 Å². The molecule has 3 heteroatoms. The molecule has 1 N–H and O–H groups in total. The maximum absolute atomic E-state index is 9.49. The molecular formula is C9H9ClO2. The number of para-hydroxylation sites is 1. The van der Waals surface area contributed by atoms with Crippen molar-refractivity contribution < 1.29 is 9.84 Å². The number of rotatable bonds is 2. The Morgan fingerprint density at radius 2 is 2.33 bits per heavy atom. The predicted octanol–water partition coefficient (Wildman–Crippen LogP) is 1.99. The third-order valence-electron chi connectivity index (χ3n) is 1.92. The maximum atomic E-state index is 9.49. The van der Waals surface area contributed by atoms with Gasteiger partial charge in [0.15, 0.2) is 0 Å². The molecule has 1 atom stereocenters. The second kappa shape index (κ2) is 2.96. The van der Waals surface area contributed by atoms with Gasteiger partial charge in [0.05, 0.1) is 17.7 Å². The normalized spacial score (nSPS) is 20.9. The highest BCUT2D eigenvalue weighted by Gasteiger charge is 2.24. The first-order valence-corrected chi connectivity index (χ1v) is 4.23. The fourth-order valence-electron chi connectivity index (χ4n) is 1.16. The van der Waals surface area contributed by atoms with Gasteiger partial charge in [0.2, 0.25) is 0 Å². The molecule has 1 saturated heterocycles. The highest BCUT2D eigenvalue weighted by atomic mass is 35.5. The quantitative estimate of drug-likeness (QED) is 0.713. The van der Waals surface area contributed by atoms with Crippen LogP contribution >= 0.6 is 11.6 Å². The van der Waals surface area contributed by atoms with Crippen molar-refractivity contribution in [2.24, 2.45) is 0 Å². The van der Waals surface area contributed by atoms with Gasteiger partial charge in [-0.2, -0.15) is 0 Å². The molecule has 0 saturated carbocycles. The Morgan fingerprint density at radius 3 is 3.00 bits per heavy atom. The largest absolute Gasteiger partial charge is 0.506 e. The Kier molecular flexibility index (Phi) is 1.95. The van der Waals surface area contributed by atoms with Crippen LogP contribution in [-0.4, -0.2) is 17.8 Å². The van der Waals surface area contributed by atoms with Crippen molar-refractivity contribution in [3.05, 3.63) is 28.8 Å². The van der Waals surface area contributed by atoms with Crippen molar-refractivity contribution in [3.8, 4) is 5.75 Å². The van der Waals surface area contributed by atoms with Crippen LogP contribution in [0.4, 0.5) is 0 Å². The molecule has 0 aliphatic carbocycles. The lowest BCUT2D eigenvalue weighted by molar-refractivity contribution is 0.402. The van der Waals surface area contributed by atoms with Gasteiger partial charge in [-0.05, 0) is 11.6 Å². The third kappa shape index (κ3) is 1.54.